The molecule has 0 aromatic rings. The molecule has 0 aromatic carbocycles. The molecule has 76 valence electrons. The third-order valence-corrected chi connectivity index (χ3v) is 3.52. The van der Waals surface area contributed by atoms with Crippen molar-refractivity contribution >= 4 is 0 Å². The highest BCUT2D eigenvalue weighted by Crippen LogP contribution is 2.40. The van der Waals surface area contributed by atoms with Crippen LogP contribution in [0.5, 0.6) is 0 Å². The van der Waals surface area contributed by atoms with E-state index in [-0.39, 0.29) is 6.61 Å². The van der Waals surface area contributed by atoms with Gasteiger partial charge in [0.15, 0.2) is 0 Å². The van der Waals surface area contributed by atoms with Crippen LogP contribution in [0.15, 0.2) is 0 Å². The molecule has 2 rings (SSSR count). The Bertz CT molecular complexity index is 170. The molecule has 0 bridgehead atoms. The SMILES string of the molecule is C[C@@H](CO)N1CC2(CCOCC2)C1. The van der Waals surface area contributed by atoms with Gasteiger partial charge in [0.05, 0.1) is 6.61 Å². The van der Waals surface area contributed by atoms with Gasteiger partial charge in [-0.1, -0.05) is 0 Å². The van der Waals surface area contributed by atoms with Gasteiger partial charge in [-0.15, -0.1) is 0 Å². The number of nitrogens with zero attached hydrogens (tertiary/aromatic N) is 1. The Labute approximate surface area is 79.7 Å². The Morgan fingerprint density at radius 3 is 2.54 bits per heavy atom. The lowest BCUT2D eigenvalue weighted by Gasteiger charge is -2.54. The van der Waals surface area contributed by atoms with E-state index in [1.807, 2.05) is 0 Å². The highest BCUT2D eigenvalue weighted by atomic mass is 16.5. The molecule has 2 aliphatic rings. The lowest BCUT2D eigenvalue weighted by atomic mass is 9.73. The second kappa shape index (κ2) is 3.56. The fourth-order valence-electron chi connectivity index (χ4n) is 2.36. The zero-order valence-electron chi connectivity index (χ0n) is 8.33. The Balaban J connectivity index is 1.81. The van der Waals surface area contributed by atoms with Gasteiger partial charge in [0.1, 0.15) is 0 Å². The largest absolute Gasteiger partial charge is 0.395 e. The minimum atomic E-state index is 0.284. The molecule has 0 aliphatic carbocycles. The van der Waals surface area contributed by atoms with Crippen molar-refractivity contribution in [3.8, 4) is 0 Å². The second-order valence-corrected chi connectivity index (χ2v) is 4.55. The van der Waals surface area contributed by atoms with Crippen LogP contribution in [-0.4, -0.2) is 49.0 Å². The molecule has 1 atom stereocenters. The summed E-state index contributed by atoms with van der Waals surface area (Å²) >= 11 is 0. The maximum atomic E-state index is 8.99. The van der Waals surface area contributed by atoms with E-state index in [4.69, 9.17) is 9.84 Å². The fraction of sp³-hybridized carbons (Fsp3) is 1.00. The fourth-order valence-corrected chi connectivity index (χ4v) is 2.36. The van der Waals surface area contributed by atoms with Crippen LogP contribution in [0.3, 0.4) is 0 Å². The summed E-state index contributed by atoms with van der Waals surface area (Å²) in [6.07, 6.45) is 2.42. The molecule has 1 spiro atoms. The van der Waals surface area contributed by atoms with Crippen LogP contribution in [0.1, 0.15) is 19.8 Å². The summed E-state index contributed by atoms with van der Waals surface area (Å²) in [5.74, 6) is 0. The molecule has 2 aliphatic heterocycles. The molecule has 1 N–H and O–H groups in total. The topological polar surface area (TPSA) is 32.7 Å². The molecule has 3 nitrogen and oxygen atoms in total. The third-order valence-electron chi connectivity index (χ3n) is 3.52. The second-order valence-electron chi connectivity index (χ2n) is 4.55. The number of hydrogen-bond acceptors (Lipinski definition) is 3. The minimum Gasteiger partial charge on any atom is -0.395 e. The van der Waals surface area contributed by atoms with Gasteiger partial charge in [-0.05, 0) is 19.8 Å². The first-order chi connectivity index (χ1) is 6.26. The Hall–Kier alpha value is -0.120. The van der Waals surface area contributed by atoms with E-state index >= 15 is 0 Å². The lowest BCUT2D eigenvalue weighted by Crippen LogP contribution is -2.61. The third kappa shape index (κ3) is 1.73. The number of ether oxygens (including phenoxy) is 1. The zero-order valence-corrected chi connectivity index (χ0v) is 8.33. The number of hydrogen-bond donors (Lipinski definition) is 1. The minimum absolute atomic E-state index is 0.284. The predicted molar refractivity (Wildman–Crippen MR) is 50.6 cm³/mol. The molecular formula is C10H19NO2. The van der Waals surface area contributed by atoms with Gasteiger partial charge in [-0.2, -0.15) is 0 Å². The zero-order chi connectivity index (χ0) is 9.31. The van der Waals surface area contributed by atoms with Crippen LogP contribution in [0, 0.1) is 5.41 Å². The average molecular weight is 185 g/mol. The number of aliphatic hydroxyl groups is 1. The van der Waals surface area contributed by atoms with E-state index in [2.05, 4.69) is 11.8 Å². The quantitative estimate of drug-likeness (QED) is 0.679. The molecule has 2 saturated heterocycles. The van der Waals surface area contributed by atoms with E-state index in [1.54, 1.807) is 0 Å². The number of aliphatic hydroxyl groups excluding tert-OH is 1. The molecule has 0 amide bonds. The highest BCUT2D eigenvalue weighted by Gasteiger charge is 2.44. The van der Waals surface area contributed by atoms with E-state index in [0.717, 1.165) is 26.3 Å². The van der Waals surface area contributed by atoms with Gasteiger partial charge in [-0.3, -0.25) is 4.90 Å². The predicted octanol–water partition coefficient (Wildman–Crippen LogP) is 0.480. The molecule has 0 aromatic heterocycles. The number of rotatable bonds is 2. The summed E-state index contributed by atoms with van der Waals surface area (Å²) in [5, 5.41) is 8.99. The van der Waals surface area contributed by atoms with E-state index < -0.39 is 0 Å². The first-order valence-electron chi connectivity index (χ1n) is 5.18. The van der Waals surface area contributed by atoms with Gasteiger partial charge < -0.3 is 9.84 Å². The molecule has 2 heterocycles. The first-order valence-corrected chi connectivity index (χ1v) is 5.18. The van der Waals surface area contributed by atoms with Crippen molar-refractivity contribution in [3.05, 3.63) is 0 Å². The summed E-state index contributed by atoms with van der Waals surface area (Å²) < 4.78 is 5.35. The first kappa shape index (κ1) is 9.44. The van der Waals surface area contributed by atoms with Crippen molar-refractivity contribution in [1.82, 2.24) is 4.90 Å². The summed E-state index contributed by atoms with van der Waals surface area (Å²) in [4.78, 5) is 2.37. The van der Waals surface area contributed by atoms with Crippen LogP contribution in [0.4, 0.5) is 0 Å². The monoisotopic (exact) mass is 185 g/mol. The molecule has 13 heavy (non-hydrogen) atoms. The van der Waals surface area contributed by atoms with Gasteiger partial charge in [0.2, 0.25) is 0 Å². The lowest BCUT2D eigenvalue weighted by molar-refractivity contribution is -0.100. The normalized spacial score (nSPS) is 30.0. The van der Waals surface area contributed by atoms with E-state index in [0.29, 0.717) is 11.5 Å². The van der Waals surface area contributed by atoms with Gasteiger partial charge >= 0.3 is 0 Å². The molecule has 0 unspecified atom stereocenters. The van der Waals surface area contributed by atoms with Gasteiger partial charge in [0.25, 0.3) is 0 Å². The van der Waals surface area contributed by atoms with E-state index in [1.165, 1.54) is 12.8 Å². The van der Waals surface area contributed by atoms with Gasteiger partial charge in [-0.25, -0.2) is 0 Å². The van der Waals surface area contributed by atoms with E-state index in [9.17, 15) is 0 Å². The number of likely N-dealkylation sites (tertiary alicyclic amines) is 1. The molecule has 0 radical (unpaired) electrons. The van der Waals surface area contributed by atoms with Crippen molar-refractivity contribution in [2.24, 2.45) is 5.41 Å². The summed E-state index contributed by atoms with van der Waals surface area (Å²) in [7, 11) is 0. The summed E-state index contributed by atoms with van der Waals surface area (Å²) in [5.41, 5.74) is 0.543. The van der Waals surface area contributed by atoms with Crippen molar-refractivity contribution < 1.29 is 9.84 Å². The summed E-state index contributed by atoms with van der Waals surface area (Å²) in [6.45, 7) is 6.57. The maximum absolute atomic E-state index is 8.99. The van der Waals surface area contributed by atoms with Crippen LogP contribution < -0.4 is 0 Å². The Morgan fingerprint density at radius 2 is 2.00 bits per heavy atom. The van der Waals surface area contributed by atoms with Gasteiger partial charge in [0, 0.05) is 37.8 Å². The molecular weight excluding hydrogens is 166 g/mol. The molecule has 0 saturated carbocycles. The summed E-state index contributed by atoms with van der Waals surface area (Å²) in [6, 6.07) is 0.341. The molecule has 3 heteroatoms. The van der Waals surface area contributed by atoms with Crippen molar-refractivity contribution in [2.45, 2.75) is 25.8 Å². The van der Waals surface area contributed by atoms with Crippen LogP contribution in [0.2, 0.25) is 0 Å². The maximum Gasteiger partial charge on any atom is 0.0584 e. The Morgan fingerprint density at radius 1 is 1.38 bits per heavy atom. The van der Waals surface area contributed by atoms with Crippen molar-refractivity contribution in [1.29, 1.82) is 0 Å². The average Bonchev–Trinajstić information content (AvgIpc) is 2.14. The smallest absolute Gasteiger partial charge is 0.0584 e. The Kier molecular flexibility index (Phi) is 2.58. The van der Waals surface area contributed by atoms with Crippen molar-refractivity contribution in [2.75, 3.05) is 32.9 Å². The highest BCUT2D eigenvalue weighted by molar-refractivity contribution is 4.97. The van der Waals surface area contributed by atoms with Crippen LogP contribution in [-0.2, 0) is 4.74 Å². The van der Waals surface area contributed by atoms with Crippen LogP contribution >= 0.6 is 0 Å². The van der Waals surface area contributed by atoms with Crippen molar-refractivity contribution in [3.63, 3.8) is 0 Å². The van der Waals surface area contributed by atoms with Crippen LogP contribution in [0.25, 0.3) is 0 Å². The molecule has 2 fully saturated rings. The standard InChI is InChI=1S/C10H19NO2/c1-9(6-12)11-7-10(8-11)2-4-13-5-3-10/h9,12H,2-8H2,1H3/t9-/m0/s1.